The molecule has 270 valence electrons. The van der Waals surface area contributed by atoms with Crippen molar-refractivity contribution in [2.75, 3.05) is 5.43 Å². The topological polar surface area (TPSA) is 163 Å². The third-order valence-corrected chi connectivity index (χ3v) is 11.6. The number of nitrogens with zero attached hydrogens (tertiary/aromatic N) is 3. The molecule has 16 heteroatoms. The summed E-state index contributed by atoms with van der Waals surface area (Å²) >= 11 is 12.5. The van der Waals surface area contributed by atoms with E-state index in [2.05, 4.69) is 10.4 Å². The first kappa shape index (κ1) is 34.6. The van der Waals surface area contributed by atoms with Crippen molar-refractivity contribution in [2.24, 2.45) is 29.4 Å². The van der Waals surface area contributed by atoms with E-state index in [0.29, 0.717) is 49.1 Å². The molecule has 11 nitrogen and oxygen atoms in total. The van der Waals surface area contributed by atoms with Crippen LogP contribution in [-0.2, 0) is 30.8 Å². The number of halogens is 5. The summed E-state index contributed by atoms with van der Waals surface area (Å²) in [5, 5.41) is 13.6. The number of nitrogens with two attached hydrogens (primary N) is 1. The van der Waals surface area contributed by atoms with E-state index < -0.39 is 87.2 Å². The van der Waals surface area contributed by atoms with Crippen LogP contribution in [0.2, 0.25) is 10.0 Å². The zero-order valence-corrected chi connectivity index (χ0v) is 28.6. The van der Waals surface area contributed by atoms with E-state index in [-0.39, 0.29) is 24.2 Å². The summed E-state index contributed by atoms with van der Waals surface area (Å²) in [5.41, 5.74) is 6.01. The molecule has 6 atom stereocenters. The van der Waals surface area contributed by atoms with Gasteiger partial charge in [0.2, 0.25) is 11.8 Å². The monoisotopic (exact) mass is 763 g/mol. The summed E-state index contributed by atoms with van der Waals surface area (Å²) in [7, 11) is 0. The van der Waals surface area contributed by atoms with Crippen molar-refractivity contribution in [2.45, 2.75) is 30.4 Å². The average molecular weight is 765 g/mol. The van der Waals surface area contributed by atoms with Crippen LogP contribution >= 0.6 is 23.2 Å². The Kier molecular flexibility index (Phi) is 7.86. The Morgan fingerprint density at radius 1 is 0.962 bits per heavy atom. The number of phenolic OH excluding ortho intramolecular Hbond substituents is 1. The maximum absolute atomic E-state index is 15.3. The molecule has 0 bridgehead atoms. The highest BCUT2D eigenvalue weighted by Crippen LogP contribution is 2.65. The third kappa shape index (κ3) is 4.95. The highest BCUT2D eigenvalue weighted by atomic mass is 35.5. The zero-order valence-electron chi connectivity index (χ0n) is 27.1. The van der Waals surface area contributed by atoms with Crippen molar-refractivity contribution in [3.8, 4) is 5.75 Å². The van der Waals surface area contributed by atoms with Gasteiger partial charge in [0, 0.05) is 28.1 Å². The first-order valence-corrected chi connectivity index (χ1v) is 17.1. The molecule has 8 rings (SSSR count). The number of likely N-dealkylation sites (tertiary alicyclic amines) is 1. The molecule has 4 aromatic rings. The van der Waals surface area contributed by atoms with Gasteiger partial charge in [0.25, 0.3) is 11.8 Å². The highest BCUT2D eigenvalue weighted by Gasteiger charge is 2.71. The number of hydrogen-bond acceptors (Lipinski definition) is 8. The van der Waals surface area contributed by atoms with Crippen molar-refractivity contribution in [1.29, 1.82) is 0 Å². The summed E-state index contributed by atoms with van der Waals surface area (Å²) < 4.78 is 40.3. The molecule has 1 aromatic heterocycles. The number of amides is 6. The molecule has 2 aliphatic heterocycles. The Balaban J connectivity index is 1.37. The van der Waals surface area contributed by atoms with Gasteiger partial charge in [-0.1, -0.05) is 83.4 Å². The number of primary amides is 1. The second kappa shape index (κ2) is 12.0. The van der Waals surface area contributed by atoms with Gasteiger partial charge in [0.1, 0.15) is 5.75 Å². The Bertz CT molecular complexity index is 2340. The van der Waals surface area contributed by atoms with Gasteiger partial charge in [-0.3, -0.25) is 24.6 Å². The maximum Gasteiger partial charge on any atom is 0.417 e. The van der Waals surface area contributed by atoms with Gasteiger partial charge in [0.05, 0.1) is 33.8 Å². The number of nitrogens with one attached hydrogen (secondary N) is 1. The van der Waals surface area contributed by atoms with Crippen LogP contribution in [0.4, 0.5) is 23.8 Å². The minimum atomic E-state index is -4.78. The van der Waals surface area contributed by atoms with E-state index in [1.807, 2.05) is 0 Å². The molecule has 4 aliphatic rings. The van der Waals surface area contributed by atoms with Crippen LogP contribution < -0.4 is 11.2 Å². The lowest BCUT2D eigenvalue weighted by Gasteiger charge is -2.50. The summed E-state index contributed by atoms with van der Waals surface area (Å²) in [5.74, 6) is -9.37. The minimum absolute atomic E-state index is 0.00769. The van der Waals surface area contributed by atoms with Gasteiger partial charge >= 0.3 is 12.2 Å². The Hall–Kier alpha value is -5.47. The molecular formula is C37H26Cl2F3N5O6. The fraction of sp³-hybridized carbons (Fsp3) is 0.243. The standard InChI is InChI=1S/C37H26Cl2F3N5O6/c38-19-8-6-17(7-9-19)36-25(32(50)47(34(36)52)45-30-26(39)13-18(15-44-30)37(40,41)42)14-24-21(11-12-22-27(24)33(51)46(31(22)49)35(43)53)28(36)23-10-5-16-3-1-2-4-20(16)29(23)48/h1-11,13,15,22,24-25,27-28,48H,12,14H2,(H2,43,53)(H,44,45). The number of urea groups is 1. The smallest absolute Gasteiger partial charge is 0.417 e. The number of aromatic nitrogens is 1. The third-order valence-electron chi connectivity index (χ3n) is 11.0. The number of pyridine rings is 1. The predicted molar refractivity (Wildman–Crippen MR) is 184 cm³/mol. The van der Waals surface area contributed by atoms with Crippen LogP contribution in [-0.4, -0.2) is 49.7 Å². The minimum Gasteiger partial charge on any atom is -0.507 e. The second-order valence-electron chi connectivity index (χ2n) is 13.5. The number of alkyl halides is 3. The number of anilines is 1. The molecular weight excluding hydrogens is 738 g/mol. The van der Waals surface area contributed by atoms with Crippen LogP contribution in [0, 0.1) is 23.7 Å². The lowest BCUT2D eigenvalue weighted by molar-refractivity contribution is -0.140. The molecule has 0 radical (unpaired) electrons. The number of fused-ring (bicyclic) bond motifs is 5. The Labute approximate surface area is 308 Å². The Morgan fingerprint density at radius 2 is 1.68 bits per heavy atom. The average Bonchev–Trinajstić information content (AvgIpc) is 3.50. The van der Waals surface area contributed by atoms with E-state index in [1.54, 1.807) is 54.6 Å². The van der Waals surface area contributed by atoms with Gasteiger partial charge in [-0.05, 0) is 47.9 Å². The van der Waals surface area contributed by atoms with E-state index in [4.69, 9.17) is 28.9 Å². The lowest BCUT2D eigenvalue weighted by atomic mass is 9.49. The lowest BCUT2D eigenvalue weighted by Crippen LogP contribution is -2.53. The van der Waals surface area contributed by atoms with Gasteiger partial charge in [-0.25, -0.2) is 9.78 Å². The highest BCUT2D eigenvalue weighted by molar-refractivity contribution is 6.33. The summed E-state index contributed by atoms with van der Waals surface area (Å²) in [6.45, 7) is 0. The molecule has 53 heavy (non-hydrogen) atoms. The van der Waals surface area contributed by atoms with Crippen LogP contribution in [0.3, 0.4) is 0 Å². The molecule has 3 fully saturated rings. The second-order valence-corrected chi connectivity index (χ2v) is 14.3. The van der Waals surface area contributed by atoms with Crippen molar-refractivity contribution in [1.82, 2.24) is 14.9 Å². The molecule has 3 heterocycles. The van der Waals surface area contributed by atoms with E-state index in [0.717, 1.165) is 0 Å². The fourth-order valence-corrected chi connectivity index (χ4v) is 9.18. The first-order valence-electron chi connectivity index (χ1n) is 16.4. The molecule has 0 spiro atoms. The van der Waals surface area contributed by atoms with Gasteiger partial charge in [0.15, 0.2) is 5.82 Å². The van der Waals surface area contributed by atoms with Gasteiger partial charge < -0.3 is 10.8 Å². The Morgan fingerprint density at radius 3 is 2.36 bits per heavy atom. The zero-order chi connectivity index (χ0) is 37.7. The molecule has 3 aromatic carbocycles. The molecule has 6 amide bonds. The van der Waals surface area contributed by atoms with Crippen LogP contribution in [0.1, 0.15) is 35.4 Å². The van der Waals surface area contributed by atoms with E-state index in [1.165, 1.54) is 12.1 Å². The SMILES string of the molecule is NC(=O)N1C(=O)C2CC=C3C(CC4C(=O)N(Nc5ncc(C(F)(F)F)cc5Cl)C(=O)C4(c4ccc(Cl)cc4)C3c3ccc4ccccc4c3O)C2C1=O. The number of benzene rings is 3. The maximum atomic E-state index is 15.3. The summed E-state index contributed by atoms with van der Waals surface area (Å²) in [6, 6.07) is 15.9. The number of carbonyl (C=O) groups excluding carboxylic acids is 5. The van der Waals surface area contributed by atoms with Gasteiger partial charge in [-0.15, -0.1) is 0 Å². The number of rotatable bonds is 4. The molecule has 6 unspecified atom stereocenters. The number of phenols is 1. The predicted octanol–water partition coefficient (Wildman–Crippen LogP) is 6.33. The van der Waals surface area contributed by atoms with Crippen molar-refractivity contribution < 1.29 is 42.3 Å². The van der Waals surface area contributed by atoms with E-state index in [9.17, 15) is 37.5 Å². The fourth-order valence-electron chi connectivity index (χ4n) is 8.85. The number of hydrazine groups is 1. The number of aromatic hydroxyl groups is 1. The van der Waals surface area contributed by atoms with Crippen LogP contribution in [0.15, 0.2) is 84.6 Å². The first-order chi connectivity index (χ1) is 25.2. The van der Waals surface area contributed by atoms with Crippen molar-refractivity contribution >= 4 is 69.5 Å². The summed E-state index contributed by atoms with van der Waals surface area (Å²) in [4.78, 5) is 73.7. The summed E-state index contributed by atoms with van der Waals surface area (Å²) in [6.07, 6.45) is -2.74. The van der Waals surface area contributed by atoms with Crippen molar-refractivity contribution in [3.05, 3.63) is 111 Å². The van der Waals surface area contributed by atoms with Crippen LogP contribution in [0.25, 0.3) is 10.8 Å². The number of carbonyl (C=O) groups is 5. The van der Waals surface area contributed by atoms with Crippen molar-refractivity contribution in [3.63, 3.8) is 0 Å². The molecule has 4 N–H and O–H groups in total. The van der Waals surface area contributed by atoms with Crippen LogP contribution in [0.5, 0.6) is 5.75 Å². The molecule has 2 saturated heterocycles. The quantitative estimate of drug-likeness (QED) is 0.161. The molecule has 2 aliphatic carbocycles. The largest absolute Gasteiger partial charge is 0.507 e. The molecule has 1 saturated carbocycles. The number of imide groups is 4. The number of allylic oxidation sites excluding steroid dienone is 2. The normalized spacial score (nSPS) is 26.7. The van der Waals surface area contributed by atoms with E-state index >= 15 is 4.79 Å². The number of hydrogen-bond donors (Lipinski definition) is 3. The van der Waals surface area contributed by atoms with Gasteiger partial charge in [-0.2, -0.15) is 23.1 Å².